The lowest BCUT2D eigenvalue weighted by molar-refractivity contribution is -0.0412. The van der Waals surface area contributed by atoms with Gasteiger partial charge in [-0.15, -0.1) is 0 Å². The molecule has 4 aliphatic rings. The molecule has 1 amide bonds. The fourth-order valence-electron chi connectivity index (χ4n) is 6.07. The molecule has 3 fully saturated rings. The number of carbonyl (C=O) groups is 1. The number of ether oxygens (including phenoxy) is 1. The second kappa shape index (κ2) is 7.31. The minimum atomic E-state index is 0.0315. The number of aromatic nitrogens is 3. The molecule has 31 heavy (non-hydrogen) atoms. The van der Waals surface area contributed by atoms with Crippen molar-refractivity contribution in [2.75, 3.05) is 26.2 Å². The number of morpholine rings is 1. The van der Waals surface area contributed by atoms with E-state index >= 15 is 0 Å². The van der Waals surface area contributed by atoms with Crippen molar-refractivity contribution in [3.8, 4) is 0 Å². The summed E-state index contributed by atoms with van der Waals surface area (Å²) >= 11 is 0. The largest absolute Gasteiger partial charge is 0.372 e. The third-order valence-electron chi connectivity index (χ3n) is 7.52. The Labute approximate surface area is 181 Å². The average Bonchev–Trinajstić information content (AvgIpc) is 3.34. The van der Waals surface area contributed by atoms with E-state index in [-0.39, 0.29) is 17.4 Å². The van der Waals surface area contributed by atoms with Crippen molar-refractivity contribution in [1.29, 1.82) is 0 Å². The summed E-state index contributed by atoms with van der Waals surface area (Å²) in [6, 6.07) is 4.15. The maximum atomic E-state index is 13.4. The van der Waals surface area contributed by atoms with Gasteiger partial charge in [0.15, 0.2) is 0 Å². The van der Waals surface area contributed by atoms with Gasteiger partial charge in [0.2, 0.25) is 0 Å². The van der Waals surface area contributed by atoms with Crippen molar-refractivity contribution in [3.63, 3.8) is 0 Å². The van der Waals surface area contributed by atoms with Gasteiger partial charge in [-0.3, -0.25) is 14.5 Å². The summed E-state index contributed by atoms with van der Waals surface area (Å²) in [4.78, 5) is 34.8. The molecule has 0 unspecified atom stereocenters. The smallest absolute Gasteiger partial charge is 0.272 e. The number of likely N-dealkylation sites (tertiary alicyclic amines) is 2. The third kappa shape index (κ3) is 3.32. The molecule has 0 saturated carbocycles. The molecule has 8 nitrogen and oxygen atoms in total. The van der Waals surface area contributed by atoms with Crippen LogP contribution in [0.15, 0.2) is 29.5 Å². The number of piperidine rings is 1. The Kier molecular flexibility index (Phi) is 4.54. The van der Waals surface area contributed by atoms with E-state index < -0.39 is 0 Å². The standard InChI is InChI=1S/C23H29N5O3/c1-25-14-24-7-21(25)23(30)27-8-15-6-17(11-27)20-5-2-16(22(29)28(20)9-15)10-26-12-18-3-4-19(13-26)31-18/h2,5,7,14-15,17-19H,3-4,6,8-13H2,1H3/t15-,17+,18-,19+/m0/s1. The van der Waals surface area contributed by atoms with Gasteiger partial charge in [0.05, 0.1) is 24.7 Å². The first-order chi connectivity index (χ1) is 15.0. The van der Waals surface area contributed by atoms with Gasteiger partial charge in [0.25, 0.3) is 11.5 Å². The maximum Gasteiger partial charge on any atom is 0.272 e. The van der Waals surface area contributed by atoms with Crippen molar-refractivity contribution in [2.45, 2.75) is 50.5 Å². The number of amides is 1. The van der Waals surface area contributed by atoms with Crippen molar-refractivity contribution in [3.05, 3.63) is 52.0 Å². The van der Waals surface area contributed by atoms with Crippen LogP contribution in [-0.2, 0) is 24.9 Å². The SMILES string of the molecule is Cn1cncc1C(=O)N1C[C@@H]2C[C@H](C1)c1ccc(CN3C[C@H]4CC[C@@H](C3)O4)c(=O)n1C2. The highest BCUT2D eigenvalue weighted by Gasteiger charge is 2.38. The van der Waals surface area contributed by atoms with E-state index in [0.29, 0.717) is 50.0 Å². The average molecular weight is 424 g/mol. The molecule has 3 saturated heterocycles. The zero-order valence-corrected chi connectivity index (χ0v) is 17.9. The van der Waals surface area contributed by atoms with Gasteiger partial charge in [0.1, 0.15) is 5.69 Å². The monoisotopic (exact) mass is 423 g/mol. The van der Waals surface area contributed by atoms with Crippen molar-refractivity contribution in [2.24, 2.45) is 13.0 Å². The molecule has 6 heterocycles. The van der Waals surface area contributed by atoms with Gasteiger partial charge in [-0.05, 0) is 31.2 Å². The summed E-state index contributed by atoms with van der Waals surface area (Å²) in [5.74, 6) is 0.560. The molecule has 164 valence electrons. The van der Waals surface area contributed by atoms with E-state index in [2.05, 4.69) is 16.0 Å². The minimum absolute atomic E-state index is 0.0315. The summed E-state index contributed by atoms with van der Waals surface area (Å²) in [6.07, 6.45) is 7.29. The van der Waals surface area contributed by atoms with Gasteiger partial charge in [0, 0.05) is 63.5 Å². The Morgan fingerprint density at radius 3 is 2.68 bits per heavy atom. The predicted octanol–water partition coefficient (Wildman–Crippen LogP) is 1.20. The second-order valence-electron chi connectivity index (χ2n) is 9.75. The predicted molar refractivity (Wildman–Crippen MR) is 114 cm³/mol. The van der Waals surface area contributed by atoms with E-state index in [1.165, 1.54) is 0 Å². The van der Waals surface area contributed by atoms with Crippen LogP contribution in [0.2, 0.25) is 0 Å². The summed E-state index contributed by atoms with van der Waals surface area (Å²) < 4.78 is 9.71. The van der Waals surface area contributed by atoms with Crippen molar-refractivity contribution >= 4 is 5.91 Å². The van der Waals surface area contributed by atoms with Crippen LogP contribution in [0.25, 0.3) is 0 Å². The number of hydrogen-bond donors (Lipinski definition) is 0. The molecule has 8 heteroatoms. The van der Waals surface area contributed by atoms with Gasteiger partial charge in [-0.1, -0.05) is 6.07 Å². The third-order valence-corrected chi connectivity index (χ3v) is 7.52. The van der Waals surface area contributed by atoms with E-state index in [1.807, 2.05) is 22.6 Å². The number of imidazole rings is 1. The Morgan fingerprint density at radius 2 is 1.94 bits per heavy atom. The summed E-state index contributed by atoms with van der Waals surface area (Å²) in [5, 5.41) is 0. The fraction of sp³-hybridized carbons (Fsp3) is 0.609. The van der Waals surface area contributed by atoms with Crippen molar-refractivity contribution < 1.29 is 9.53 Å². The number of aryl methyl sites for hydroxylation is 1. The second-order valence-corrected chi connectivity index (χ2v) is 9.75. The lowest BCUT2D eigenvalue weighted by Gasteiger charge is -2.43. The molecule has 2 aromatic heterocycles. The lowest BCUT2D eigenvalue weighted by atomic mass is 9.83. The summed E-state index contributed by atoms with van der Waals surface area (Å²) in [7, 11) is 1.85. The quantitative estimate of drug-likeness (QED) is 0.742. The van der Waals surface area contributed by atoms with Crippen LogP contribution < -0.4 is 5.56 Å². The Bertz CT molecular complexity index is 1060. The fourth-order valence-corrected chi connectivity index (χ4v) is 6.07. The molecular formula is C23H29N5O3. The van der Waals surface area contributed by atoms with Crippen LogP contribution in [0.4, 0.5) is 0 Å². The zero-order valence-electron chi connectivity index (χ0n) is 17.9. The molecule has 4 aliphatic heterocycles. The Morgan fingerprint density at radius 1 is 1.13 bits per heavy atom. The minimum Gasteiger partial charge on any atom is -0.372 e. The van der Waals surface area contributed by atoms with Crippen LogP contribution in [0.1, 0.15) is 46.9 Å². The van der Waals surface area contributed by atoms with Gasteiger partial charge in [-0.2, -0.15) is 0 Å². The first-order valence-electron chi connectivity index (χ1n) is 11.4. The molecular weight excluding hydrogens is 394 g/mol. The van der Waals surface area contributed by atoms with Crippen LogP contribution in [-0.4, -0.2) is 68.2 Å². The van der Waals surface area contributed by atoms with Gasteiger partial charge < -0.3 is 18.8 Å². The number of rotatable bonds is 3. The van der Waals surface area contributed by atoms with Crippen LogP contribution in [0.3, 0.4) is 0 Å². The summed E-state index contributed by atoms with van der Waals surface area (Å²) in [6.45, 7) is 4.61. The molecule has 0 spiro atoms. The van der Waals surface area contributed by atoms with Crippen LogP contribution in [0, 0.1) is 5.92 Å². The Hall–Kier alpha value is -2.45. The van der Waals surface area contributed by atoms with Crippen LogP contribution >= 0.6 is 0 Å². The molecule has 0 N–H and O–H groups in total. The number of fused-ring (bicyclic) bond motifs is 6. The lowest BCUT2D eigenvalue weighted by Crippen LogP contribution is -2.50. The maximum absolute atomic E-state index is 13.4. The van der Waals surface area contributed by atoms with E-state index in [0.717, 1.165) is 43.6 Å². The molecule has 0 aromatic carbocycles. The highest BCUT2D eigenvalue weighted by atomic mass is 16.5. The molecule has 0 aliphatic carbocycles. The molecule has 4 atom stereocenters. The molecule has 6 rings (SSSR count). The van der Waals surface area contributed by atoms with Crippen LogP contribution in [0.5, 0.6) is 0 Å². The van der Waals surface area contributed by atoms with Gasteiger partial charge in [-0.25, -0.2) is 4.98 Å². The molecule has 0 radical (unpaired) electrons. The van der Waals surface area contributed by atoms with E-state index in [1.54, 1.807) is 17.1 Å². The molecule has 2 aromatic rings. The van der Waals surface area contributed by atoms with Crippen molar-refractivity contribution in [1.82, 2.24) is 23.9 Å². The normalized spacial score (nSPS) is 29.8. The highest BCUT2D eigenvalue weighted by Crippen LogP contribution is 2.36. The zero-order chi connectivity index (χ0) is 21.1. The summed E-state index contributed by atoms with van der Waals surface area (Å²) in [5.41, 5.74) is 2.73. The highest BCUT2D eigenvalue weighted by molar-refractivity contribution is 5.92. The number of carbonyl (C=O) groups excluding carboxylic acids is 1. The Balaban J connectivity index is 1.22. The first kappa shape index (κ1) is 19.3. The van der Waals surface area contributed by atoms with E-state index in [9.17, 15) is 9.59 Å². The number of hydrogen-bond acceptors (Lipinski definition) is 5. The first-order valence-corrected chi connectivity index (χ1v) is 11.4. The van der Waals surface area contributed by atoms with E-state index in [4.69, 9.17) is 4.74 Å². The number of pyridine rings is 1. The topological polar surface area (TPSA) is 72.6 Å². The molecule has 4 bridgehead atoms. The van der Waals surface area contributed by atoms with Gasteiger partial charge >= 0.3 is 0 Å². The number of nitrogens with zero attached hydrogens (tertiary/aromatic N) is 5.